The molecule has 0 radical (unpaired) electrons. The molecule has 3 heterocycles. The predicted molar refractivity (Wildman–Crippen MR) is 114 cm³/mol. The highest BCUT2D eigenvalue weighted by atomic mass is 127. The van der Waals surface area contributed by atoms with Crippen molar-refractivity contribution >= 4 is 41.5 Å². The summed E-state index contributed by atoms with van der Waals surface area (Å²) in [4.78, 5) is 22.8. The molecule has 7 nitrogen and oxygen atoms in total. The Balaban J connectivity index is 0.00000243. The lowest BCUT2D eigenvalue weighted by Crippen LogP contribution is -2.45. The van der Waals surface area contributed by atoms with E-state index in [-0.39, 0.29) is 29.9 Å². The van der Waals surface area contributed by atoms with Gasteiger partial charge in [-0.15, -0.1) is 24.0 Å². The maximum Gasteiger partial charge on any atom is 0.220 e. The molecule has 1 aliphatic heterocycles. The molecule has 0 atom stereocenters. The molecule has 142 valence electrons. The predicted octanol–water partition coefficient (Wildman–Crippen LogP) is 1.88. The third kappa shape index (κ3) is 5.09. The summed E-state index contributed by atoms with van der Waals surface area (Å²) in [6.07, 6.45) is 6.69. The summed E-state index contributed by atoms with van der Waals surface area (Å²) in [6, 6.07) is 5.98. The van der Waals surface area contributed by atoms with Gasteiger partial charge in [-0.25, -0.2) is 4.98 Å². The lowest BCUT2D eigenvalue weighted by molar-refractivity contribution is -0.121. The molecule has 1 fully saturated rings. The van der Waals surface area contributed by atoms with Gasteiger partial charge < -0.3 is 19.9 Å². The van der Waals surface area contributed by atoms with Crippen molar-refractivity contribution in [2.75, 3.05) is 27.2 Å². The van der Waals surface area contributed by atoms with Crippen LogP contribution in [0, 0.1) is 5.92 Å². The zero-order valence-electron chi connectivity index (χ0n) is 15.3. The molecule has 1 amide bonds. The number of piperidine rings is 1. The minimum atomic E-state index is 0. The topological polar surface area (TPSA) is 74.0 Å². The maximum absolute atomic E-state index is 11.5. The van der Waals surface area contributed by atoms with Crippen LogP contribution in [-0.2, 0) is 11.3 Å². The smallest absolute Gasteiger partial charge is 0.220 e. The van der Waals surface area contributed by atoms with E-state index in [1.54, 1.807) is 7.05 Å². The molecule has 2 N–H and O–H groups in total. The molecular formula is C18H27IN6O. The van der Waals surface area contributed by atoms with Gasteiger partial charge in [0, 0.05) is 46.0 Å². The number of fused-ring (bicyclic) bond motifs is 1. The third-order valence-corrected chi connectivity index (χ3v) is 4.72. The highest BCUT2D eigenvalue weighted by molar-refractivity contribution is 14.0. The summed E-state index contributed by atoms with van der Waals surface area (Å²) in [6.45, 7) is 2.49. The number of carbonyl (C=O) groups is 1. The number of hydrogen-bond acceptors (Lipinski definition) is 3. The van der Waals surface area contributed by atoms with Gasteiger partial charge in [-0.3, -0.25) is 9.79 Å². The Morgan fingerprint density at radius 2 is 2.12 bits per heavy atom. The molecule has 0 unspecified atom stereocenters. The number of carbonyl (C=O) groups excluding carboxylic acids is 1. The van der Waals surface area contributed by atoms with Crippen molar-refractivity contribution in [3.05, 3.63) is 36.3 Å². The van der Waals surface area contributed by atoms with E-state index in [1.165, 1.54) is 0 Å². The van der Waals surface area contributed by atoms with Crippen LogP contribution in [0.1, 0.15) is 25.0 Å². The molecule has 3 rings (SSSR count). The molecule has 0 aliphatic carbocycles. The van der Waals surface area contributed by atoms with E-state index in [1.807, 2.05) is 42.0 Å². The summed E-state index contributed by atoms with van der Waals surface area (Å²) in [5, 5.41) is 6.11. The summed E-state index contributed by atoms with van der Waals surface area (Å²) in [5.41, 5.74) is 1.94. The second-order valence-electron chi connectivity index (χ2n) is 6.41. The zero-order valence-corrected chi connectivity index (χ0v) is 17.6. The van der Waals surface area contributed by atoms with Gasteiger partial charge in [0.05, 0.1) is 12.2 Å². The van der Waals surface area contributed by atoms with E-state index in [2.05, 4.69) is 25.5 Å². The van der Waals surface area contributed by atoms with Crippen LogP contribution in [0.15, 0.2) is 35.6 Å². The first-order valence-electron chi connectivity index (χ1n) is 8.78. The number of nitrogens with one attached hydrogen (secondary N) is 2. The van der Waals surface area contributed by atoms with Gasteiger partial charge in [0.25, 0.3) is 0 Å². The number of pyridine rings is 1. The third-order valence-electron chi connectivity index (χ3n) is 4.72. The zero-order chi connectivity index (χ0) is 17.6. The van der Waals surface area contributed by atoms with Crippen molar-refractivity contribution in [1.29, 1.82) is 0 Å². The number of likely N-dealkylation sites (tertiary alicyclic amines) is 1. The van der Waals surface area contributed by atoms with Gasteiger partial charge in [0.15, 0.2) is 5.96 Å². The van der Waals surface area contributed by atoms with E-state index in [0.29, 0.717) is 18.9 Å². The fourth-order valence-corrected chi connectivity index (χ4v) is 3.29. The molecular weight excluding hydrogens is 443 g/mol. The molecule has 8 heteroatoms. The Bertz CT molecular complexity index is 718. The van der Waals surface area contributed by atoms with Gasteiger partial charge in [0.1, 0.15) is 5.65 Å². The minimum absolute atomic E-state index is 0. The minimum Gasteiger partial charge on any atom is -0.359 e. The van der Waals surface area contributed by atoms with Crippen molar-refractivity contribution in [3.63, 3.8) is 0 Å². The van der Waals surface area contributed by atoms with Crippen LogP contribution in [0.2, 0.25) is 0 Å². The van der Waals surface area contributed by atoms with Crippen molar-refractivity contribution < 1.29 is 4.79 Å². The number of aliphatic imine (C=N–C) groups is 1. The van der Waals surface area contributed by atoms with E-state index in [4.69, 9.17) is 0 Å². The summed E-state index contributed by atoms with van der Waals surface area (Å²) < 4.78 is 2.02. The molecule has 0 spiro atoms. The van der Waals surface area contributed by atoms with Crippen LogP contribution in [0.25, 0.3) is 5.65 Å². The Labute approximate surface area is 171 Å². The second kappa shape index (κ2) is 9.75. The SMILES string of the molecule is CN=C(NCc1cn2ccccc2n1)N1CCC(CC(=O)NC)CC1.I. The molecule has 0 bridgehead atoms. The maximum atomic E-state index is 11.5. The van der Waals surface area contributed by atoms with E-state index < -0.39 is 0 Å². The average Bonchev–Trinajstić information content (AvgIpc) is 3.06. The monoisotopic (exact) mass is 470 g/mol. The van der Waals surface area contributed by atoms with E-state index >= 15 is 0 Å². The van der Waals surface area contributed by atoms with Crippen LogP contribution < -0.4 is 10.6 Å². The lowest BCUT2D eigenvalue weighted by Gasteiger charge is -2.34. The lowest BCUT2D eigenvalue weighted by atomic mass is 9.93. The Hall–Kier alpha value is -1.84. The molecule has 2 aromatic rings. The van der Waals surface area contributed by atoms with Gasteiger partial charge in [0.2, 0.25) is 5.91 Å². The Morgan fingerprint density at radius 3 is 2.77 bits per heavy atom. The summed E-state index contributed by atoms with van der Waals surface area (Å²) >= 11 is 0. The van der Waals surface area contributed by atoms with Crippen LogP contribution in [0.4, 0.5) is 0 Å². The molecule has 26 heavy (non-hydrogen) atoms. The molecule has 0 aromatic carbocycles. The number of hydrogen-bond donors (Lipinski definition) is 2. The van der Waals surface area contributed by atoms with Crippen LogP contribution in [0.5, 0.6) is 0 Å². The standard InChI is InChI=1S/C18H26N6O.HI/c1-19-17(25)11-14-6-9-23(10-7-14)18(20-2)21-12-15-13-24-8-4-3-5-16(24)22-15;/h3-5,8,13-14H,6-7,9-12H2,1-2H3,(H,19,25)(H,20,21);1H. The molecule has 2 aromatic heterocycles. The number of nitrogens with zero attached hydrogens (tertiary/aromatic N) is 4. The highest BCUT2D eigenvalue weighted by Crippen LogP contribution is 2.20. The van der Waals surface area contributed by atoms with Gasteiger partial charge in [-0.1, -0.05) is 6.07 Å². The van der Waals surface area contributed by atoms with Gasteiger partial charge in [-0.05, 0) is 30.9 Å². The fraction of sp³-hybridized carbons (Fsp3) is 0.500. The second-order valence-corrected chi connectivity index (χ2v) is 6.41. The normalized spacial score (nSPS) is 15.6. The van der Waals surface area contributed by atoms with Crippen molar-refractivity contribution in [2.45, 2.75) is 25.8 Å². The number of amides is 1. The fourth-order valence-electron chi connectivity index (χ4n) is 3.29. The average molecular weight is 470 g/mol. The van der Waals surface area contributed by atoms with Gasteiger partial charge in [-0.2, -0.15) is 0 Å². The van der Waals surface area contributed by atoms with E-state index in [9.17, 15) is 4.79 Å². The van der Waals surface area contributed by atoms with Crippen molar-refractivity contribution in [3.8, 4) is 0 Å². The van der Waals surface area contributed by atoms with Crippen molar-refractivity contribution in [2.24, 2.45) is 10.9 Å². The Morgan fingerprint density at radius 1 is 1.35 bits per heavy atom. The number of imidazole rings is 1. The number of rotatable bonds is 4. The van der Waals surface area contributed by atoms with Crippen LogP contribution in [0.3, 0.4) is 0 Å². The van der Waals surface area contributed by atoms with E-state index in [0.717, 1.165) is 43.2 Å². The molecule has 0 saturated carbocycles. The number of guanidine groups is 1. The number of aromatic nitrogens is 2. The first-order chi connectivity index (χ1) is 12.2. The highest BCUT2D eigenvalue weighted by Gasteiger charge is 2.23. The van der Waals surface area contributed by atoms with Crippen molar-refractivity contribution in [1.82, 2.24) is 24.9 Å². The molecule has 1 aliphatic rings. The number of halogens is 1. The first-order valence-corrected chi connectivity index (χ1v) is 8.78. The van der Waals surface area contributed by atoms with Crippen LogP contribution >= 0.6 is 24.0 Å². The largest absolute Gasteiger partial charge is 0.359 e. The Kier molecular flexibility index (Phi) is 7.67. The molecule has 1 saturated heterocycles. The van der Waals surface area contributed by atoms with Gasteiger partial charge >= 0.3 is 0 Å². The first kappa shape index (κ1) is 20.5. The van der Waals surface area contributed by atoms with Crippen LogP contribution in [-0.4, -0.2) is 53.3 Å². The summed E-state index contributed by atoms with van der Waals surface area (Å²) in [7, 11) is 3.51. The summed E-state index contributed by atoms with van der Waals surface area (Å²) in [5.74, 6) is 1.50. The quantitative estimate of drug-likeness (QED) is 0.407.